The van der Waals surface area contributed by atoms with Gasteiger partial charge in [-0.05, 0) is 12.1 Å². The molecule has 0 atom stereocenters. The first-order valence-electron chi connectivity index (χ1n) is 6.59. The van der Waals surface area contributed by atoms with Crippen molar-refractivity contribution < 1.29 is 4.52 Å². The van der Waals surface area contributed by atoms with Crippen LogP contribution in [0.25, 0.3) is 0 Å². The molecule has 0 unspecified atom stereocenters. The molecule has 0 aliphatic carbocycles. The summed E-state index contributed by atoms with van der Waals surface area (Å²) in [6, 6.07) is 3.72. The Morgan fingerprint density at radius 1 is 1.30 bits per heavy atom. The lowest BCUT2D eigenvalue weighted by Crippen LogP contribution is -2.46. The fourth-order valence-corrected chi connectivity index (χ4v) is 2.57. The molecule has 3 heterocycles. The van der Waals surface area contributed by atoms with E-state index in [-0.39, 0.29) is 0 Å². The lowest BCUT2D eigenvalue weighted by molar-refractivity contribution is 0.239. The zero-order valence-corrected chi connectivity index (χ0v) is 12.0. The molecule has 0 N–H and O–H groups in total. The summed E-state index contributed by atoms with van der Waals surface area (Å²) in [5.41, 5.74) is 0. The minimum absolute atomic E-state index is 0.610. The average molecular weight is 294 g/mol. The zero-order valence-electron chi connectivity index (χ0n) is 11.3. The van der Waals surface area contributed by atoms with Gasteiger partial charge in [0.1, 0.15) is 5.82 Å². The molecule has 1 aliphatic heterocycles. The number of pyridine rings is 1. The highest BCUT2D eigenvalue weighted by atomic mass is 35.5. The van der Waals surface area contributed by atoms with E-state index in [0.29, 0.717) is 10.9 Å². The third-order valence-corrected chi connectivity index (χ3v) is 3.64. The van der Waals surface area contributed by atoms with Crippen LogP contribution in [0.3, 0.4) is 0 Å². The molecule has 0 radical (unpaired) electrons. The topological polar surface area (TPSA) is 58.3 Å². The van der Waals surface area contributed by atoms with E-state index in [1.54, 1.807) is 13.1 Å². The fourth-order valence-electron chi connectivity index (χ4n) is 2.33. The standard InChI is InChI=1S/C13H16ClN5O/c1-10-16-12(17-20-10)9-18-5-7-19(8-6-18)13-11(14)3-2-4-15-13/h2-4H,5-9H2,1H3. The van der Waals surface area contributed by atoms with Crippen LogP contribution in [0.2, 0.25) is 5.02 Å². The quantitative estimate of drug-likeness (QED) is 0.859. The molecule has 6 nitrogen and oxygen atoms in total. The molecule has 1 aliphatic rings. The van der Waals surface area contributed by atoms with Crippen molar-refractivity contribution in [3.8, 4) is 0 Å². The molecule has 0 saturated carbocycles. The van der Waals surface area contributed by atoms with Gasteiger partial charge in [0.25, 0.3) is 0 Å². The summed E-state index contributed by atoms with van der Waals surface area (Å²) in [5, 5.41) is 4.63. The second-order valence-electron chi connectivity index (χ2n) is 4.80. The van der Waals surface area contributed by atoms with Gasteiger partial charge in [0, 0.05) is 39.3 Å². The number of nitrogens with zero attached hydrogens (tertiary/aromatic N) is 5. The molecule has 1 fully saturated rings. The van der Waals surface area contributed by atoms with Crippen molar-refractivity contribution in [1.82, 2.24) is 20.0 Å². The van der Waals surface area contributed by atoms with Crippen LogP contribution >= 0.6 is 11.6 Å². The van der Waals surface area contributed by atoms with Gasteiger partial charge in [-0.3, -0.25) is 4.90 Å². The van der Waals surface area contributed by atoms with Gasteiger partial charge in [-0.2, -0.15) is 4.98 Å². The van der Waals surface area contributed by atoms with E-state index < -0.39 is 0 Å². The smallest absolute Gasteiger partial charge is 0.223 e. The first-order chi connectivity index (χ1) is 9.72. The molecule has 2 aromatic heterocycles. The van der Waals surface area contributed by atoms with Crippen molar-refractivity contribution in [3.05, 3.63) is 35.1 Å². The molecule has 20 heavy (non-hydrogen) atoms. The summed E-state index contributed by atoms with van der Waals surface area (Å²) in [7, 11) is 0. The number of hydrogen-bond acceptors (Lipinski definition) is 6. The third-order valence-electron chi connectivity index (χ3n) is 3.35. The second kappa shape index (κ2) is 5.76. The van der Waals surface area contributed by atoms with Crippen LogP contribution in [0, 0.1) is 6.92 Å². The van der Waals surface area contributed by atoms with Gasteiger partial charge in [0.05, 0.1) is 11.6 Å². The minimum Gasteiger partial charge on any atom is -0.353 e. The molecule has 3 rings (SSSR count). The maximum atomic E-state index is 6.18. The Bertz CT molecular complexity index is 580. The molecule has 0 bridgehead atoms. The van der Waals surface area contributed by atoms with Crippen LogP contribution in [-0.4, -0.2) is 46.2 Å². The SMILES string of the molecule is Cc1nc(CN2CCN(c3ncccc3Cl)CC2)no1. The Morgan fingerprint density at radius 2 is 2.10 bits per heavy atom. The first kappa shape index (κ1) is 13.3. The van der Waals surface area contributed by atoms with Gasteiger partial charge in [0.2, 0.25) is 5.89 Å². The van der Waals surface area contributed by atoms with Gasteiger partial charge < -0.3 is 9.42 Å². The highest BCUT2D eigenvalue weighted by molar-refractivity contribution is 6.32. The van der Waals surface area contributed by atoms with Gasteiger partial charge in [-0.15, -0.1) is 0 Å². The van der Waals surface area contributed by atoms with Crippen molar-refractivity contribution >= 4 is 17.4 Å². The largest absolute Gasteiger partial charge is 0.353 e. The van der Waals surface area contributed by atoms with E-state index in [9.17, 15) is 0 Å². The lowest BCUT2D eigenvalue weighted by atomic mass is 10.3. The van der Waals surface area contributed by atoms with Crippen LogP contribution in [0.1, 0.15) is 11.7 Å². The molecule has 0 aromatic carbocycles. The number of aromatic nitrogens is 3. The highest BCUT2D eigenvalue weighted by Crippen LogP contribution is 2.23. The van der Waals surface area contributed by atoms with Crippen LogP contribution in [0.15, 0.2) is 22.9 Å². The Hall–Kier alpha value is -1.66. The Labute approximate surface area is 122 Å². The fraction of sp³-hybridized carbons (Fsp3) is 0.462. The van der Waals surface area contributed by atoms with E-state index >= 15 is 0 Å². The Kier molecular flexibility index (Phi) is 3.84. The van der Waals surface area contributed by atoms with Crippen LogP contribution in [-0.2, 0) is 6.54 Å². The minimum atomic E-state index is 0.610. The van der Waals surface area contributed by atoms with E-state index in [1.807, 2.05) is 12.1 Å². The van der Waals surface area contributed by atoms with Gasteiger partial charge in [0.15, 0.2) is 5.82 Å². The maximum absolute atomic E-state index is 6.18. The van der Waals surface area contributed by atoms with Crippen LogP contribution in [0.5, 0.6) is 0 Å². The van der Waals surface area contributed by atoms with Crippen molar-refractivity contribution in [1.29, 1.82) is 0 Å². The number of hydrogen-bond donors (Lipinski definition) is 0. The Morgan fingerprint density at radius 3 is 2.75 bits per heavy atom. The van der Waals surface area contributed by atoms with E-state index in [0.717, 1.165) is 44.4 Å². The predicted octanol–water partition coefficient (Wildman–Crippen LogP) is 1.75. The molecule has 1 saturated heterocycles. The van der Waals surface area contributed by atoms with Crippen LogP contribution < -0.4 is 4.90 Å². The first-order valence-corrected chi connectivity index (χ1v) is 6.97. The number of anilines is 1. The van der Waals surface area contributed by atoms with Gasteiger partial charge in [-0.25, -0.2) is 4.98 Å². The van der Waals surface area contributed by atoms with Crippen molar-refractivity contribution in [2.75, 3.05) is 31.1 Å². The van der Waals surface area contributed by atoms with E-state index in [4.69, 9.17) is 16.1 Å². The summed E-state index contributed by atoms with van der Waals surface area (Å²) in [6.45, 7) is 6.18. The van der Waals surface area contributed by atoms with Crippen molar-refractivity contribution in [3.63, 3.8) is 0 Å². The van der Waals surface area contributed by atoms with Crippen molar-refractivity contribution in [2.45, 2.75) is 13.5 Å². The second-order valence-corrected chi connectivity index (χ2v) is 5.21. The van der Waals surface area contributed by atoms with Crippen molar-refractivity contribution in [2.24, 2.45) is 0 Å². The zero-order chi connectivity index (χ0) is 13.9. The summed E-state index contributed by atoms with van der Waals surface area (Å²) in [6.07, 6.45) is 1.77. The number of aryl methyl sites for hydroxylation is 1. The summed E-state index contributed by atoms with van der Waals surface area (Å²) in [5.74, 6) is 2.22. The summed E-state index contributed by atoms with van der Waals surface area (Å²) >= 11 is 6.18. The molecule has 2 aromatic rings. The maximum Gasteiger partial charge on any atom is 0.223 e. The normalized spacial score (nSPS) is 16.6. The lowest BCUT2D eigenvalue weighted by Gasteiger charge is -2.35. The Balaban J connectivity index is 1.58. The van der Waals surface area contributed by atoms with Gasteiger partial charge >= 0.3 is 0 Å². The predicted molar refractivity (Wildman–Crippen MR) is 75.8 cm³/mol. The number of halogens is 1. The number of rotatable bonds is 3. The molecule has 7 heteroatoms. The third kappa shape index (κ3) is 2.91. The molecular weight excluding hydrogens is 278 g/mol. The van der Waals surface area contributed by atoms with E-state index in [1.165, 1.54) is 0 Å². The van der Waals surface area contributed by atoms with Crippen LogP contribution in [0.4, 0.5) is 5.82 Å². The molecule has 106 valence electrons. The van der Waals surface area contributed by atoms with E-state index in [2.05, 4.69) is 24.9 Å². The summed E-state index contributed by atoms with van der Waals surface area (Å²) in [4.78, 5) is 13.1. The summed E-state index contributed by atoms with van der Waals surface area (Å²) < 4.78 is 4.99. The van der Waals surface area contributed by atoms with Gasteiger partial charge in [-0.1, -0.05) is 16.8 Å². The highest BCUT2D eigenvalue weighted by Gasteiger charge is 2.20. The molecular formula is C13H16ClN5O. The molecule has 0 spiro atoms. The molecule has 0 amide bonds. The monoisotopic (exact) mass is 293 g/mol. The average Bonchev–Trinajstić information content (AvgIpc) is 2.86. The number of piperazine rings is 1.